The molecule has 0 bridgehead atoms. The maximum Gasteiger partial charge on any atom is 0.339 e. The van der Waals surface area contributed by atoms with Crippen LogP contribution in [0.3, 0.4) is 0 Å². The lowest BCUT2D eigenvalue weighted by atomic mass is 10.2. The first kappa shape index (κ1) is 21.5. The predicted molar refractivity (Wildman–Crippen MR) is 115 cm³/mol. The minimum Gasteiger partial charge on any atom is -0.495 e. The lowest BCUT2D eigenvalue weighted by Gasteiger charge is -2.16. The Labute approximate surface area is 177 Å². The summed E-state index contributed by atoms with van der Waals surface area (Å²) in [6.07, 6.45) is 2.96. The topological polar surface area (TPSA) is 99.5 Å². The van der Waals surface area contributed by atoms with E-state index in [9.17, 15) is 14.4 Å². The first-order valence-corrected chi connectivity index (χ1v) is 10.4. The van der Waals surface area contributed by atoms with Gasteiger partial charge < -0.3 is 14.8 Å². The molecule has 158 valence electrons. The van der Waals surface area contributed by atoms with Gasteiger partial charge in [0.2, 0.25) is 5.91 Å². The van der Waals surface area contributed by atoms with Gasteiger partial charge in [-0.3, -0.25) is 14.2 Å². The van der Waals surface area contributed by atoms with Gasteiger partial charge >= 0.3 is 5.97 Å². The largest absolute Gasteiger partial charge is 0.495 e. The fourth-order valence-electron chi connectivity index (χ4n) is 2.87. The minimum atomic E-state index is -0.858. The Morgan fingerprint density at radius 3 is 2.80 bits per heavy atom. The average molecular weight is 429 g/mol. The molecule has 2 heterocycles. The number of esters is 1. The van der Waals surface area contributed by atoms with Crippen LogP contribution in [0.15, 0.2) is 40.8 Å². The van der Waals surface area contributed by atoms with Crippen LogP contribution in [0.25, 0.3) is 10.2 Å². The highest BCUT2D eigenvalue weighted by atomic mass is 32.1. The summed E-state index contributed by atoms with van der Waals surface area (Å²) in [6, 6.07) is 6.13. The lowest BCUT2D eigenvalue weighted by molar-refractivity contribution is -0.118. The van der Waals surface area contributed by atoms with Crippen LogP contribution in [0, 0.1) is 0 Å². The summed E-state index contributed by atoms with van der Waals surface area (Å²) in [5.74, 6) is -0.462. The third-order valence-electron chi connectivity index (χ3n) is 4.63. The zero-order valence-corrected chi connectivity index (χ0v) is 17.8. The fourth-order valence-corrected chi connectivity index (χ4v) is 3.74. The number of para-hydroxylation sites is 2. The van der Waals surface area contributed by atoms with Crippen LogP contribution >= 0.6 is 11.3 Å². The van der Waals surface area contributed by atoms with Crippen molar-refractivity contribution in [2.45, 2.75) is 32.7 Å². The first-order valence-electron chi connectivity index (χ1n) is 9.57. The molecule has 0 saturated carbocycles. The maximum atomic E-state index is 13.1. The van der Waals surface area contributed by atoms with Crippen molar-refractivity contribution in [3.8, 4) is 5.75 Å². The molecule has 0 spiro atoms. The summed E-state index contributed by atoms with van der Waals surface area (Å²) in [6.45, 7) is 3.87. The van der Waals surface area contributed by atoms with Gasteiger partial charge in [0.05, 0.1) is 36.7 Å². The number of hydrogen-bond donors (Lipinski definition) is 1. The van der Waals surface area contributed by atoms with Crippen molar-refractivity contribution in [1.29, 1.82) is 0 Å². The summed E-state index contributed by atoms with van der Waals surface area (Å²) in [5, 5.41) is 4.49. The number of hydrogen-bond acceptors (Lipinski definition) is 7. The number of nitrogens with one attached hydrogen (secondary N) is 1. The number of carbonyl (C=O) groups excluding carboxylic acids is 2. The molecule has 3 aromatic rings. The van der Waals surface area contributed by atoms with Gasteiger partial charge in [-0.25, -0.2) is 9.78 Å². The van der Waals surface area contributed by atoms with Crippen molar-refractivity contribution < 1.29 is 19.1 Å². The summed E-state index contributed by atoms with van der Waals surface area (Å²) in [7, 11) is 1.51. The van der Waals surface area contributed by atoms with E-state index in [1.165, 1.54) is 29.3 Å². The number of rotatable bonds is 8. The molecule has 9 heteroatoms. The third kappa shape index (κ3) is 4.35. The van der Waals surface area contributed by atoms with E-state index in [0.717, 1.165) is 12.8 Å². The molecule has 0 aliphatic heterocycles. The molecule has 1 aromatic carbocycles. The molecule has 2 aromatic heterocycles. The van der Waals surface area contributed by atoms with Crippen molar-refractivity contribution >= 4 is 39.1 Å². The number of anilines is 1. The molecule has 0 radical (unpaired) electrons. The number of carbonyl (C=O) groups is 2. The molecule has 1 N–H and O–H groups in total. The highest BCUT2D eigenvalue weighted by Crippen LogP contribution is 2.25. The Hall–Kier alpha value is -3.20. The number of unbranched alkanes of at least 4 members (excludes halogenated alkanes) is 1. The maximum absolute atomic E-state index is 13.1. The second-order valence-corrected chi connectivity index (χ2v) is 7.50. The Balaban J connectivity index is 1.89. The molecule has 1 unspecified atom stereocenters. The molecular formula is C21H23N3O5S. The van der Waals surface area contributed by atoms with Crippen molar-refractivity contribution in [2.75, 3.05) is 19.0 Å². The monoisotopic (exact) mass is 429 g/mol. The molecule has 3 rings (SSSR count). The van der Waals surface area contributed by atoms with E-state index in [4.69, 9.17) is 9.47 Å². The Morgan fingerprint density at radius 1 is 1.30 bits per heavy atom. The Bertz CT molecular complexity index is 1120. The molecule has 0 fully saturated rings. The number of nitrogens with zero attached hydrogens (tertiary/aromatic N) is 2. The van der Waals surface area contributed by atoms with Gasteiger partial charge in [-0.2, -0.15) is 0 Å². The molecular weight excluding hydrogens is 406 g/mol. The highest BCUT2D eigenvalue weighted by Gasteiger charge is 2.23. The third-order valence-corrected chi connectivity index (χ3v) is 5.52. The Kier molecular flexibility index (Phi) is 6.83. The van der Waals surface area contributed by atoms with Crippen molar-refractivity contribution in [1.82, 2.24) is 9.55 Å². The number of amides is 1. The van der Waals surface area contributed by atoms with Gasteiger partial charge in [-0.1, -0.05) is 25.5 Å². The van der Waals surface area contributed by atoms with Gasteiger partial charge in [0.25, 0.3) is 5.56 Å². The van der Waals surface area contributed by atoms with Crippen LogP contribution in [0.2, 0.25) is 0 Å². The second-order valence-electron chi connectivity index (χ2n) is 6.64. The lowest BCUT2D eigenvalue weighted by Crippen LogP contribution is -2.32. The second kappa shape index (κ2) is 9.53. The van der Waals surface area contributed by atoms with Crippen LogP contribution in [-0.4, -0.2) is 35.1 Å². The summed E-state index contributed by atoms with van der Waals surface area (Å²) >= 11 is 1.19. The number of thiophene rings is 1. The van der Waals surface area contributed by atoms with E-state index in [2.05, 4.69) is 10.3 Å². The van der Waals surface area contributed by atoms with Crippen LogP contribution in [0.5, 0.6) is 5.75 Å². The zero-order chi connectivity index (χ0) is 21.7. The van der Waals surface area contributed by atoms with Crippen molar-refractivity contribution in [3.63, 3.8) is 0 Å². The fraction of sp³-hybridized carbons (Fsp3) is 0.333. The van der Waals surface area contributed by atoms with Crippen molar-refractivity contribution in [2.24, 2.45) is 0 Å². The normalized spacial score (nSPS) is 11.8. The summed E-state index contributed by atoms with van der Waals surface area (Å²) in [5.41, 5.74) is 0.205. The molecule has 30 heavy (non-hydrogen) atoms. The average Bonchev–Trinajstić information content (AvgIpc) is 3.19. The molecule has 0 aliphatic rings. The van der Waals surface area contributed by atoms with Gasteiger partial charge in [0.15, 0.2) is 0 Å². The molecule has 8 nitrogen and oxygen atoms in total. The minimum absolute atomic E-state index is 0.168. The van der Waals surface area contributed by atoms with Crippen LogP contribution < -0.4 is 15.6 Å². The van der Waals surface area contributed by atoms with Crippen LogP contribution in [-0.2, 0) is 9.53 Å². The van der Waals surface area contributed by atoms with E-state index in [0.29, 0.717) is 22.9 Å². The van der Waals surface area contributed by atoms with Gasteiger partial charge in [0, 0.05) is 5.38 Å². The van der Waals surface area contributed by atoms with Crippen LogP contribution in [0.1, 0.15) is 43.1 Å². The number of methoxy groups -OCH3 is 1. The van der Waals surface area contributed by atoms with Gasteiger partial charge in [-0.05, 0) is 25.5 Å². The number of benzene rings is 1. The van der Waals surface area contributed by atoms with Crippen LogP contribution in [0.4, 0.5) is 5.69 Å². The first-order chi connectivity index (χ1) is 14.5. The smallest absolute Gasteiger partial charge is 0.339 e. The number of fused-ring (bicyclic) bond motifs is 1. The SMILES string of the molecule is CCCCOC(=O)c1csc2ncn(C(C)C(=O)Nc3ccccc3OC)c(=O)c12. The van der Waals surface area contributed by atoms with Gasteiger partial charge in [-0.15, -0.1) is 11.3 Å². The predicted octanol–water partition coefficient (Wildman–Crippen LogP) is 3.62. The van der Waals surface area contributed by atoms with E-state index < -0.39 is 23.5 Å². The molecule has 1 amide bonds. The summed E-state index contributed by atoms with van der Waals surface area (Å²) < 4.78 is 11.7. The van der Waals surface area contributed by atoms with E-state index in [-0.39, 0.29) is 10.9 Å². The number of ether oxygens (including phenoxy) is 2. The van der Waals surface area contributed by atoms with E-state index in [1.807, 2.05) is 6.92 Å². The molecule has 0 aliphatic carbocycles. The quantitative estimate of drug-likeness (QED) is 0.434. The highest BCUT2D eigenvalue weighted by molar-refractivity contribution is 7.17. The zero-order valence-electron chi connectivity index (χ0n) is 17.0. The summed E-state index contributed by atoms with van der Waals surface area (Å²) in [4.78, 5) is 42.9. The standard InChI is InChI=1S/C21H23N3O5S/c1-4-5-10-29-21(27)14-11-30-19-17(14)20(26)24(12-22-19)13(2)18(25)23-15-8-6-7-9-16(15)28-3/h6-9,11-13H,4-5,10H2,1-3H3,(H,23,25). The van der Waals surface area contributed by atoms with E-state index >= 15 is 0 Å². The van der Waals surface area contributed by atoms with E-state index in [1.54, 1.807) is 36.6 Å². The Morgan fingerprint density at radius 2 is 2.07 bits per heavy atom. The molecule has 1 atom stereocenters. The number of aromatic nitrogens is 2. The molecule has 0 saturated heterocycles. The van der Waals surface area contributed by atoms with Gasteiger partial charge in [0.1, 0.15) is 16.6 Å². The van der Waals surface area contributed by atoms with Crippen molar-refractivity contribution in [3.05, 3.63) is 51.9 Å².